The fraction of sp³-hybridized carbons (Fsp3) is 0.435. The van der Waals surface area contributed by atoms with Crippen molar-refractivity contribution in [2.45, 2.75) is 39.5 Å². The zero-order valence-electron chi connectivity index (χ0n) is 17.7. The predicted molar refractivity (Wildman–Crippen MR) is 114 cm³/mol. The summed E-state index contributed by atoms with van der Waals surface area (Å²) in [6.07, 6.45) is 0.111. The zero-order chi connectivity index (χ0) is 21.5. The van der Waals surface area contributed by atoms with Gasteiger partial charge in [0.25, 0.3) is 5.91 Å². The van der Waals surface area contributed by atoms with Gasteiger partial charge in [-0.2, -0.15) is 0 Å². The topological polar surface area (TPSA) is 60.0 Å². The molecule has 1 aliphatic rings. The molecule has 0 aliphatic carbocycles. The third-order valence-corrected chi connectivity index (χ3v) is 4.77. The van der Waals surface area contributed by atoms with E-state index in [-0.39, 0.29) is 37.1 Å². The van der Waals surface area contributed by atoms with Crippen LogP contribution in [0.3, 0.4) is 0 Å². The minimum absolute atomic E-state index is 0.0555. The molecule has 3 rings (SSSR count). The number of para-hydroxylation sites is 2. The number of ether oxygens (including phenoxy) is 3. The van der Waals surface area contributed by atoms with Crippen LogP contribution in [0.15, 0.2) is 42.5 Å². The van der Waals surface area contributed by atoms with E-state index in [4.69, 9.17) is 14.2 Å². The molecule has 30 heavy (non-hydrogen) atoms. The third kappa shape index (κ3) is 5.86. The van der Waals surface area contributed by atoms with Crippen LogP contribution in [0.25, 0.3) is 0 Å². The third-order valence-electron chi connectivity index (χ3n) is 4.77. The minimum Gasteiger partial charge on any atom is -0.490 e. The van der Waals surface area contributed by atoms with Crippen LogP contribution >= 0.6 is 0 Å². The first-order valence-corrected chi connectivity index (χ1v) is 10.3. The summed E-state index contributed by atoms with van der Waals surface area (Å²) in [5.74, 6) is 0.516. The van der Waals surface area contributed by atoms with Crippen molar-refractivity contribution in [2.75, 3.05) is 31.2 Å². The van der Waals surface area contributed by atoms with Gasteiger partial charge in [-0.1, -0.05) is 18.2 Å². The Kier molecular flexibility index (Phi) is 7.52. The Morgan fingerprint density at radius 3 is 2.43 bits per heavy atom. The maximum absolute atomic E-state index is 14.7. The van der Waals surface area contributed by atoms with Crippen molar-refractivity contribution >= 4 is 11.6 Å². The SMILES string of the molecule is CCOc1ccccc1OCC(=O)NCc1ccc(N2CC(C)OC(C)C2)c(F)c1. The summed E-state index contributed by atoms with van der Waals surface area (Å²) >= 11 is 0. The molecule has 0 aromatic heterocycles. The molecule has 1 heterocycles. The number of nitrogens with zero attached hydrogens (tertiary/aromatic N) is 1. The monoisotopic (exact) mass is 416 g/mol. The van der Waals surface area contributed by atoms with E-state index in [1.165, 1.54) is 6.07 Å². The number of hydrogen-bond donors (Lipinski definition) is 1. The van der Waals surface area contributed by atoms with Gasteiger partial charge in [-0.05, 0) is 50.6 Å². The second kappa shape index (κ2) is 10.3. The van der Waals surface area contributed by atoms with Crippen LogP contribution in [0, 0.1) is 5.82 Å². The summed E-state index contributed by atoms with van der Waals surface area (Å²) in [5, 5.41) is 2.76. The van der Waals surface area contributed by atoms with E-state index in [0.29, 0.717) is 42.4 Å². The number of amides is 1. The standard InChI is InChI=1S/C23H29FN2O4/c1-4-28-21-7-5-6-8-22(21)29-15-23(27)25-12-18-9-10-20(19(24)11-18)26-13-16(2)30-17(3)14-26/h5-11,16-17H,4,12-15H2,1-3H3,(H,25,27). The molecule has 2 atom stereocenters. The Hall–Kier alpha value is -2.80. The second-order valence-corrected chi connectivity index (χ2v) is 7.39. The van der Waals surface area contributed by atoms with Crippen LogP contribution in [0.4, 0.5) is 10.1 Å². The molecule has 2 aromatic rings. The van der Waals surface area contributed by atoms with E-state index < -0.39 is 0 Å². The van der Waals surface area contributed by atoms with Crippen LogP contribution in [-0.2, 0) is 16.1 Å². The van der Waals surface area contributed by atoms with Crippen molar-refractivity contribution in [3.8, 4) is 11.5 Å². The Labute approximate surface area is 176 Å². The highest BCUT2D eigenvalue weighted by atomic mass is 19.1. The van der Waals surface area contributed by atoms with Crippen molar-refractivity contribution in [3.05, 3.63) is 53.8 Å². The maximum atomic E-state index is 14.7. The van der Waals surface area contributed by atoms with Gasteiger partial charge in [-0.3, -0.25) is 4.79 Å². The average molecular weight is 416 g/mol. The molecule has 0 radical (unpaired) electrons. The smallest absolute Gasteiger partial charge is 0.258 e. The zero-order valence-corrected chi connectivity index (χ0v) is 17.7. The number of benzene rings is 2. The summed E-state index contributed by atoms with van der Waals surface area (Å²) in [4.78, 5) is 14.1. The van der Waals surface area contributed by atoms with Gasteiger partial charge < -0.3 is 24.4 Å². The molecule has 1 N–H and O–H groups in total. The van der Waals surface area contributed by atoms with Crippen LogP contribution in [0.2, 0.25) is 0 Å². The molecule has 2 unspecified atom stereocenters. The number of carbonyl (C=O) groups excluding carboxylic acids is 1. The molecule has 0 spiro atoms. The van der Waals surface area contributed by atoms with E-state index in [2.05, 4.69) is 5.32 Å². The van der Waals surface area contributed by atoms with Crippen LogP contribution in [-0.4, -0.2) is 44.4 Å². The second-order valence-electron chi connectivity index (χ2n) is 7.39. The summed E-state index contributed by atoms with van der Waals surface area (Å²) in [7, 11) is 0. The number of rotatable bonds is 8. The fourth-order valence-corrected chi connectivity index (χ4v) is 3.53. The van der Waals surface area contributed by atoms with Gasteiger partial charge in [0.05, 0.1) is 24.5 Å². The molecule has 1 fully saturated rings. The molecule has 0 saturated carbocycles. The first-order valence-electron chi connectivity index (χ1n) is 10.3. The Balaban J connectivity index is 1.52. The number of nitrogens with one attached hydrogen (secondary N) is 1. The van der Waals surface area contributed by atoms with E-state index in [9.17, 15) is 9.18 Å². The molecule has 1 aliphatic heterocycles. The first kappa shape index (κ1) is 21.9. The van der Waals surface area contributed by atoms with E-state index in [1.54, 1.807) is 18.2 Å². The van der Waals surface area contributed by atoms with Crippen molar-refractivity contribution in [3.63, 3.8) is 0 Å². The molecule has 1 saturated heterocycles. The van der Waals surface area contributed by atoms with Crippen molar-refractivity contribution < 1.29 is 23.4 Å². The summed E-state index contributed by atoms with van der Waals surface area (Å²) < 4.78 is 31.4. The molecular formula is C23H29FN2O4. The van der Waals surface area contributed by atoms with Gasteiger partial charge in [-0.25, -0.2) is 4.39 Å². The van der Waals surface area contributed by atoms with Crippen molar-refractivity contribution in [1.29, 1.82) is 0 Å². The molecular weight excluding hydrogens is 387 g/mol. The van der Waals surface area contributed by atoms with Crippen LogP contribution < -0.4 is 19.7 Å². The summed E-state index contributed by atoms with van der Waals surface area (Å²) in [6, 6.07) is 12.2. The van der Waals surface area contributed by atoms with E-state index in [0.717, 1.165) is 0 Å². The first-order chi connectivity index (χ1) is 14.5. The van der Waals surface area contributed by atoms with Crippen LogP contribution in [0.1, 0.15) is 26.3 Å². The summed E-state index contributed by atoms with van der Waals surface area (Å²) in [5.41, 5.74) is 1.25. The van der Waals surface area contributed by atoms with E-state index >= 15 is 0 Å². The van der Waals surface area contributed by atoms with Gasteiger partial charge >= 0.3 is 0 Å². The lowest BCUT2D eigenvalue weighted by Gasteiger charge is -2.37. The highest BCUT2D eigenvalue weighted by molar-refractivity contribution is 5.77. The Morgan fingerprint density at radius 1 is 1.13 bits per heavy atom. The number of halogens is 1. The fourth-order valence-electron chi connectivity index (χ4n) is 3.53. The van der Waals surface area contributed by atoms with Gasteiger partial charge in [0.2, 0.25) is 0 Å². The lowest BCUT2D eigenvalue weighted by atomic mass is 10.1. The molecule has 7 heteroatoms. The molecule has 0 bridgehead atoms. The maximum Gasteiger partial charge on any atom is 0.258 e. The van der Waals surface area contributed by atoms with Crippen molar-refractivity contribution in [1.82, 2.24) is 5.32 Å². The van der Waals surface area contributed by atoms with Crippen molar-refractivity contribution in [2.24, 2.45) is 0 Å². The summed E-state index contributed by atoms with van der Waals surface area (Å²) in [6.45, 7) is 7.75. The van der Waals surface area contributed by atoms with E-state index in [1.807, 2.05) is 43.9 Å². The average Bonchev–Trinajstić information content (AvgIpc) is 2.71. The Morgan fingerprint density at radius 2 is 1.80 bits per heavy atom. The van der Waals surface area contributed by atoms with Crippen LogP contribution in [0.5, 0.6) is 11.5 Å². The number of carbonyl (C=O) groups is 1. The Bertz CT molecular complexity index is 851. The van der Waals surface area contributed by atoms with Gasteiger partial charge in [-0.15, -0.1) is 0 Å². The normalized spacial score (nSPS) is 18.7. The number of morpholine rings is 1. The predicted octanol–water partition coefficient (Wildman–Crippen LogP) is 3.53. The number of anilines is 1. The molecule has 1 amide bonds. The molecule has 6 nitrogen and oxygen atoms in total. The lowest BCUT2D eigenvalue weighted by molar-refractivity contribution is -0.123. The van der Waals surface area contributed by atoms with Gasteiger partial charge in [0.1, 0.15) is 5.82 Å². The highest BCUT2D eigenvalue weighted by Gasteiger charge is 2.24. The highest BCUT2D eigenvalue weighted by Crippen LogP contribution is 2.26. The number of hydrogen-bond acceptors (Lipinski definition) is 5. The largest absolute Gasteiger partial charge is 0.490 e. The minimum atomic E-state index is -0.301. The lowest BCUT2D eigenvalue weighted by Crippen LogP contribution is -2.45. The van der Waals surface area contributed by atoms with Gasteiger partial charge in [0, 0.05) is 19.6 Å². The quantitative estimate of drug-likeness (QED) is 0.713. The molecule has 2 aromatic carbocycles. The molecule has 162 valence electrons. The van der Waals surface area contributed by atoms with Gasteiger partial charge in [0.15, 0.2) is 18.1 Å².